The van der Waals surface area contributed by atoms with Crippen molar-refractivity contribution in [3.63, 3.8) is 0 Å². The minimum absolute atomic E-state index is 0.0180. The average Bonchev–Trinajstić information content (AvgIpc) is 4.06. The molecule has 11 nitrogen and oxygen atoms in total. The van der Waals surface area contributed by atoms with Crippen molar-refractivity contribution >= 4 is 73.3 Å². The number of alkyl halides is 1. The van der Waals surface area contributed by atoms with Gasteiger partial charge in [-0.1, -0.05) is 38.8 Å². The third-order valence-corrected chi connectivity index (χ3v) is 20.0. The Bertz CT molecular complexity index is 2730. The first-order valence-corrected chi connectivity index (χ1v) is 25.7. The lowest BCUT2D eigenvalue weighted by Gasteiger charge is -2.42. The Morgan fingerprint density at radius 3 is 2.59 bits per heavy atom. The van der Waals surface area contributed by atoms with Crippen LogP contribution in [-0.2, 0) is 4.74 Å². The van der Waals surface area contributed by atoms with E-state index in [1.807, 2.05) is 38.1 Å². The van der Waals surface area contributed by atoms with Gasteiger partial charge in [0.05, 0.1) is 45.1 Å². The average molecular weight is 859 g/mol. The molecule has 4 aromatic heterocycles. The molecule has 14 heteroatoms. The normalized spacial score (nSPS) is 23.0. The highest BCUT2D eigenvalue weighted by atomic mass is 32.1. The number of piperazine rings is 1. The smallest absolute Gasteiger partial charge is 0.410 e. The SMILES string of the molecule is CC[Si](C#Cc1cccc2cc3[nH]ncc3c(-c3nccc4c3sc3nc(OC[C@@]56CCCN5C[C@H](F)C6)nc(N5C[C@H]6CC[C@@H](C5)N6C(=O)OC(C)(C)C)c34)c12)(CC)CC. The Morgan fingerprint density at radius 1 is 1.05 bits per heavy atom. The van der Waals surface area contributed by atoms with Crippen molar-refractivity contribution in [3.8, 4) is 28.7 Å². The summed E-state index contributed by atoms with van der Waals surface area (Å²) in [5.41, 5.74) is 6.71. The van der Waals surface area contributed by atoms with Gasteiger partial charge in [-0.15, -0.1) is 16.9 Å². The van der Waals surface area contributed by atoms with Crippen LogP contribution in [0.4, 0.5) is 15.0 Å². The van der Waals surface area contributed by atoms with Crippen molar-refractivity contribution in [3.05, 3.63) is 48.3 Å². The molecule has 318 valence electrons. The number of fused-ring (bicyclic) bond motifs is 8. The lowest BCUT2D eigenvalue weighted by molar-refractivity contribution is 0.0122. The number of halogens is 1. The van der Waals surface area contributed by atoms with Gasteiger partial charge in [-0.25, -0.2) is 9.18 Å². The summed E-state index contributed by atoms with van der Waals surface area (Å²) in [5.74, 6) is 4.51. The standard InChI is InChI=1S/C47H55FN8O3SSi/c1-7-61(8-2,9-3)21-17-29-12-10-13-30-22-36-35(24-50-53-36)38(37(29)30)40-41-34(16-19-49-40)39-42(54-26-32-14-15-33(27-54)56(32)45(57)59-46(4,5)6)51-44(52-43(39)60-41)58-28-47-18-11-20-55(47)25-31(48)23-47/h10,12-13,16,19,22,24,31-33H,7-9,11,14-15,18,20,23,25-28H2,1-6H3,(H,50,53)/t31-,32-,33+,47+/m1/s1. The zero-order valence-electron chi connectivity index (χ0n) is 36.1. The molecule has 4 aliphatic rings. The first-order valence-electron chi connectivity index (χ1n) is 22.2. The summed E-state index contributed by atoms with van der Waals surface area (Å²) in [6.07, 6.45) is 6.86. The number of benzene rings is 2. The van der Waals surface area contributed by atoms with Crippen LogP contribution in [0, 0.1) is 11.5 Å². The molecule has 6 aromatic rings. The number of ether oxygens (including phenoxy) is 2. The van der Waals surface area contributed by atoms with Crippen LogP contribution in [-0.4, -0.2) is 111 Å². The Kier molecular flexibility index (Phi) is 10.0. The van der Waals surface area contributed by atoms with Crippen molar-refractivity contribution in [1.82, 2.24) is 34.9 Å². The first kappa shape index (κ1) is 40.2. The number of H-pyrrole nitrogens is 1. The molecule has 4 aliphatic heterocycles. The third kappa shape index (κ3) is 6.91. The second kappa shape index (κ2) is 15.2. The molecule has 2 aromatic carbocycles. The van der Waals surface area contributed by atoms with Crippen LogP contribution in [0.5, 0.6) is 6.01 Å². The Balaban J connectivity index is 1.14. The molecule has 0 aliphatic carbocycles. The van der Waals surface area contributed by atoms with E-state index in [0.717, 1.165) is 115 Å². The van der Waals surface area contributed by atoms with E-state index in [4.69, 9.17) is 24.4 Å². The van der Waals surface area contributed by atoms with Gasteiger partial charge in [-0.05, 0) is 94.7 Å². The second-order valence-corrected chi connectivity index (χ2v) is 24.7. The molecule has 4 fully saturated rings. The van der Waals surface area contributed by atoms with Crippen LogP contribution in [0.25, 0.3) is 53.2 Å². The molecule has 61 heavy (non-hydrogen) atoms. The number of nitrogens with zero attached hydrogens (tertiary/aromatic N) is 7. The van der Waals surface area contributed by atoms with Crippen LogP contribution >= 0.6 is 11.3 Å². The van der Waals surface area contributed by atoms with E-state index < -0.39 is 19.8 Å². The second-order valence-electron chi connectivity index (χ2n) is 18.8. The van der Waals surface area contributed by atoms with Crippen molar-refractivity contribution < 1.29 is 18.7 Å². The highest BCUT2D eigenvalue weighted by Crippen LogP contribution is 2.47. The number of anilines is 1. The molecule has 8 heterocycles. The van der Waals surface area contributed by atoms with Crippen LogP contribution in [0.15, 0.2) is 42.7 Å². The van der Waals surface area contributed by atoms with Gasteiger partial charge in [0.15, 0.2) is 0 Å². The molecule has 10 rings (SSSR count). The van der Waals surface area contributed by atoms with Crippen LogP contribution in [0.1, 0.15) is 79.2 Å². The highest BCUT2D eigenvalue weighted by molar-refractivity contribution is 7.26. The van der Waals surface area contributed by atoms with Gasteiger partial charge in [0.1, 0.15) is 37.1 Å². The topological polar surface area (TPSA) is 113 Å². The van der Waals surface area contributed by atoms with Crippen LogP contribution in [0.3, 0.4) is 0 Å². The number of nitrogens with one attached hydrogen (secondary N) is 1. The van der Waals surface area contributed by atoms with Gasteiger partial charge in [0.2, 0.25) is 0 Å². The molecule has 1 amide bonds. The van der Waals surface area contributed by atoms with Gasteiger partial charge in [0.25, 0.3) is 0 Å². The Hall–Kier alpha value is -4.84. The first-order chi connectivity index (χ1) is 29.4. The number of carbonyl (C=O) groups is 1. The maximum Gasteiger partial charge on any atom is 0.410 e. The molecular weight excluding hydrogens is 804 g/mol. The molecule has 0 radical (unpaired) electrons. The summed E-state index contributed by atoms with van der Waals surface area (Å²) < 4.78 is 28.3. The molecule has 2 bridgehead atoms. The molecule has 4 atom stereocenters. The molecule has 0 unspecified atom stereocenters. The minimum Gasteiger partial charge on any atom is -0.461 e. The van der Waals surface area contributed by atoms with Gasteiger partial charge in [-0.2, -0.15) is 15.1 Å². The predicted octanol–water partition coefficient (Wildman–Crippen LogP) is 9.88. The number of thiophene rings is 1. The van der Waals surface area contributed by atoms with Gasteiger partial charge in [-0.3, -0.25) is 19.9 Å². The summed E-state index contributed by atoms with van der Waals surface area (Å²) in [6.45, 7) is 15.5. The van der Waals surface area contributed by atoms with Crippen LogP contribution < -0.4 is 9.64 Å². The molecule has 0 spiro atoms. The summed E-state index contributed by atoms with van der Waals surface area (Å²) in [7, 11) is -1.75. The van der Waals surface area contributed by atoms with Crippen molar-refractivity contribution in [2.45, 2.75) is 121 Å². The zero-order valence-corrected chi connectivity index (χ0v) is 37.9. The molecular formula is C47H55FN8O3SSi. The largest absolute Gasteiger partial charge is 0.461 e. The zero-order chi connectivity index (χ0) is 42.3. The van der Waals surface area contributed by atoms with Crippen molar-refractivity contribution in [2.24, 2.45) is 0 Å². The maximum atomic E-state index is 14.8. The van der Waals surface area contributed by atoms with E-state index in [2.05, 4.69) is 82.6 Å². The minimum atomic E-state index is -1.75. The summed E-state index contributed by atoms with van der Waals surface area (Å²) in [5, 5.41) is 12.9. The lowest BCUT2D eigenvalue weighted by Crippen LogP contribution is -2.57. The number of aromatic nitrogens is 5. The number of carbonyl (C=O) groups excluding carboxylic acids is 1. The maximum absolute atomic E-state index is 14.8. The number of hydrogen-bond acceptors (Lipinski definition) is 10. The fourth-order valence-electron chi connectivity index (χ4n) is 10.8. The van der Waals surface area contributed by atoms with E-state index in [1.165, 1.54) is 0 Å². The number of hydrogen-bond donors (Lipinski definition) is 1. The van der Waals surface area contributed by atoms with E-state index in [-0.39, 0.29) is 23.7 Å². The summed E-state index contributed by atoms with van der Waals surface area (Å²) in [6, 6.07) is 14.3. The van der Waals surface area contributed by atoms with E-state index in [1.54, 1.807) is 11.3 Å². The van der Waals surface area contributed by atoms with E-state index in [9.17, 15) is 9.18 Å². The Labute approximate surface area is 361 Å². The van der Waals surface area contributed by atoms with E-state index in [0.29, 0.717) is 38.7 Å². The fourth-order valence-corrected chi connectivity index (χ4v) is 14.4. The number of rotatable bonds is 8. The summed E-state index contributed by atoms with van der Waals surface area (Å²) in [4.78, 5) is 36.4. The molecule has 1 N–H and O–H groups in total. The quantitative estimate of drug-likeness (QED) is 0.118. The van der Waals surface area contributed by atoms with Gasteiger partial charge < -0.3 is 14.4 Å². The Morgan fingerprint density at radius 2 is 1.84 bits per heavy atom. The van der Waals surface area contributed by atoms with Gasteiger partial charge >= 0.3 is 12.1 Å². The third-order valence-electron chi connectivity index (χ3n) is 14.1. The molecule has 0 saturated carbocycles. The predicted molar refractivity (Wildman–Crippen MR) is 245 cm³/mol. The number of aromatic amines is 1. The summed E-state index contributed by atoms with van der Waals surface area (Å²) >= 11 is 1.60. The lowest BCUT2D eigenvalue weighted by atomic mass is 9.94. The van der Waals surface area contributed by atoms with Crippen molar-refractivity contribution in [2.75, 3.05) is 37.7 Å². The van der Waals surface area contributed by atoms with Crippen LogP contribution in [0.2, 0.25) is 18.1 Å². The highest BCUT2D eigenvalue weighted by Gasteiger charge is 2.50. The van der Waals surface area contributed by atoms with Gasteiger partial charge in [0, 0.05) is 59.5 Å². The monoisotopic (exact) mass is 858 g/mol. The molecule has 4 saturated heterocycles. The fraction of sp³-hybridized carbons (Fsp3) is 0.511. The van der Waals surface area contributed by atoms with Crippen molar-refractivity contribution in [1.29, 1.82) is 0 Å². The number of amides is 1. The van der Waals surface area contributed by atoms with E-state index >= 15 is 0 Å². The number of pyridine rings is 1.